The van der Waals surface area contributed by atoms with Crippen molar-refractivity contribution >= 4 is 40.3 Å². The van der Waals surface area contributed by atoms with Crippen LogP contribution in [0.5, 0.6) is 5.75 Å². The molecule has 5 heteroatoms. The van der Waals surface area contributed by atoms with Gasteiger partial charge in [-0.25, -0.2) is 0 Å². The third kappa shape index (κ3) is 2.89. The van der Waals surface area contributed by atoms with Gasteiger partial charge in [0.1, 0.15) is 16.7 Å². The van der Waals surface area contributed by atoms with Crippen LogP contribution in [0.15, 0.2) is 40.8 Å². The number of carbonyl (C=O) groups is 1. The third-order valence-corrected chi connectivity index (χ3v) is 4.67. The highest BCUT2D eigenvalue weighted by Crippen LogP contribution is 2.33. The SMILES string of the molecule is CCCN1C(=O)/C(=C/C2=Cc3ccccc3OC2)SC1=S. The average Bonchev–Trinajstić information content (AvgIpc) is 2.75. The van der Waals surface area contributed by atoms with Gasteiger partial charge in [-0.15, -0.1) is 0 Å². The first kappa shape index (κ1) is 14.4. The summed E-state index contributed by atoms with van der Waals surface area (Å²) in [7, 11) is 0. The van der Waals surface area contributed by atoms with Crippen LogP contribution in [0.2, 0.25) is 0 Å². The number of ether oxygens (including phenoxy) is 1. The van der Waals surface area contributed by atoms with Crippen molar-refractivity contribution in [1.29, 1.82) is 0 Å². The van der Waals surface area contributed by atoms with Gasteiger partial charge >= 0.3 is 0 Å². The minimum absolute atomic E-state index is 0.00612. The Hall–Kier alpha value is -1.59. The quantitative estimate of drug-likeness (QED) is 0.629. The molecule has 3 nitrogen and oxygen atoms in total. The van der Waals surface area contributed by atoms with Crippen LogP contribution in [0.1, 0.15) is 18.9 Å². The van der Waals surface area contributed by atoms with E-state index in [1.165, 1.54) is 11.8 Å². The van der Waals surface area contributed by atoms with Gasteiger partial charge in [0.05, 0.1) is 4.91 Å². The van der Waals surface area contributed by atoms with Crippen molar-refractivity contribution in [2.24, 2.45) is 0 Å². The number of carbonyl (C=O) groups excluding carboxylic acids is 1. The lowest BCUT2D eigenvalue weighted by molar-refractivity contribution is -0.122. The summed E-state index contributed by atoms with van der Waals surface area (Å²) in [6, 6.07) is 7.88. The van der Waals surface area contributed by atoms with E-state index in [0.29, 0.717) is 22.4 Å². The summed E-state index contributed by atoms with van der Waals surface area (Å²) < 4.78 is 6.35. The van der Waals surface area contributed by atoms with Crippen molar-refractivity contribution in [3.8, 4) is 5.75 Å². The Kier molecular flexibility index (Phi) is 4.12. The molecule has 0 saturated carbocycles. The topological polar surface area (TPSA) is 29.5 Å². The largest absolute Gasteiger partial charge is 0.488 e. The van der Waals surface area contributed by atoms with Crippen molar-refractivity contribution in [1.82, 2.24) is 4.90 Å². The molecular weight excluding hydrogens is 302 g/mol. The summed E-state index contributed by atoms with van der Waals surface area (Å²) in [4.78, 5) is 14.7. The first-order valence-electron chi connectivity index (χ1n) is 6.87. The molecule has 0 bridgehead atoms. The van der Waals surface area contributed by atoms with Crippen molar-refractivity contribution < 1.29 is 9.53 Å². The van der Waals surface area contributed by atoms with Crippen LogP contribution in [-0.4, -0.2) is 28.3 Å². The van der Waals surface area contributed by atoms with Gasteiger partial charge in [-0.3, -0.25) is 9.69 Å². The second kappa shape index (κ2) is 6.03. The summed E-state index contributed by atoms with van der Waals surface area (Å²) in [5, 5.41) is 0. The average molecular weight is 317 g/mol. The molecule has 0 aromatic heterocycles. The van der Waals surface area contributed by atoms with Crippen molar-refractivity contribution in [3.05, 3.63) is 46.4 Å². The van der Waals surface area contributed by atoms with Crippen LogP contribution < -0.4 is 4.74 Å². The highest BCUT2D eigenvalue weighted by Gasteiger charge is 2.31. The van der Waals surface area contributed by atoms with E-state index in [4.69, 9.17) is 17.0 Å². The van der Waals surface area contributed by atoms with Gasteiger partial charge in [0.15, 0.2) is 0 Å². The zero-order valence-corrected chi connectivity index (χ0v) is 13.3. The van der Waals surface area contributed by atoms with Gasteiger partial charge in [-0.2, -0.15) is 0 Å². The fraction of sp³-hybridized carbons (Fsp3) is 0.250. The van der Waals surface area contributed by atoms with Gasteiger partial charge in [0.2, 0.25) is 0 Å². The molecule has 108 valence electrons. The van der Waals surface area contributed by atoms with Gasteiger partial charge in [-0.05, 0) is 30.2 Å². The van der Waals surface area contributed by atoms with Crippen molar-refractivity contribution in [2.75, 3.05) is 13.2 Å². The number of thioether (sulfide) groups is 1. The molecule has 2 aliphatic rings. The maximum atomic E-state index is 12.3. The number of benzene rings is 1. The van der Waals surface area contributed by atoms with Crippen LogP contribution in [0, 0.1) is 0 Å². The van der Waals surface area contributed by atoms with Crippen LogP contribution in [-0.2, 0) is 4.79 Å². The molecule has 2 aliphatic heterocycles. The number of thiocarbonyl (C=S) groups is 1. The molecule has 1 aromatic carbocycles. The normalized spacial score (nSPS) is 19.6. The molecule has 2 heterocycles. The zero-order valence-electron chi connectivity index (χ0n) is 11.7. The number of para-hydroxylation sites is 1. The maximum Gasteiger partial charge on any atom is 0.266 e. The van der Waals surface area contributed by atoms with Crippen LogP contribution in [0.25, 0.3) is 6.08 Å². The summed E-state index contributed by atoms with van der Waals surface area (Å²) in [5.74, 6) is 0.889. The molecule has 1 saturated heterocycles. The first-order valence-corrected chi connectivity index (χ1v) is 8.09. The lowest BCUT2D eigenvalue weighted by Gasteiger charge is -2.16. The van der Waals surface area contributed by atoms with Crippen molar-refractivity contribution in [2.45, 2.75) is 13.3 Å². The minimum Gasteiger partial charge on any atom is -0.488 e. The lowest BCUT2D eigenvalue weighted by Crippen LogP contribution is -2.28. The molecule has 0 atom stereocenters. The number of nitrogens with zero attached hydrogens (tertiary/aromatic N) is 1. The van der Waals surface area contributed by atoms with E-state index in [2.05, 4.69) is 6.08 Å². The second-order valence-electron chi connectivity index (χ2n) is 4.88. The monoisotopic (exact) mass is 317 g/mol. The standard InChI is InChI=1S/C16H15NO2S2/c1-2-7-17-15(18)14(21-16(17)20)9-11-8-12-5-3-4-6-13(12)19-10-11/h3-6,8-9H,2,7,10H2,1H3/b14-9-. The predicted molar refractivity (Wildman–Crippen MR) is 90.2 cm³/mol. The number of fused-ring (bicyclic) bond motifs is 1. The highest BCUT2D eigenvalue weighted by molar-refractivity contribution is 8.26. The molecule has 1 amide bonds. The van der Waals surface area contributed by atoms with E-state index in [1.807, 2.05) is 37.3 Å². The Labute approximate surface area is 133 Å². The van der Waals surface area contributed by atoms with Crippen LogP contribution in [0.4, 0.5) is 0 Å². The minimum atomic E-state index is 0.00612. The predicted octanol–water partition coefficient (Wildman–Crippen LogP) is 3.62. The summed E-state index contributed by atoms with van der Waals surface area (Å²) in [5.41, 5.74) is 2.03. The Morgan fingerprint density at radius 3 is 3.05 bits per heavy atom. The van der Waals surface area contributed by atoms with E-state index in [0.717, 1.165) is 23.3 Å². The second-order valence-corrected chi connectivity index (χ2v) is 6.55. The molecule has 1 fully saturated rings. The summed E-state index contributed by atoms with van der Waals surface area (Å²) in [6.07, 6.45) is 4.86. The summed E-state index contributed by atoms with van der Waals surface area (Å²) >= 11 is 6.64. The Morgan fingerprint density at radius 2 is 2.24 bits per heavy atom. The molecule has 0 spiro atoms. The molecule has 3 rings (SSSR count). The van der Waals surface area contributed by atoms with Gasteiger partial charge in [0.25, 0.3) is 5.91 Å². The highest BCUT2D eigenvalue weighted by atomic mass is 32.2. The number of hydrogen-bond donors (Lipinski definition) is 0. The molecular formula is C16H15NO2S2. The molecule has 1 aromatic rings. The molecule has 21 heavy (non-hydrogen) atoms. The van der Waals surface area contributed by atoms with E-state index in [1.54, 1.807) is 4.90 Å². The van der Waals surface area contributed by atoms with E-state index in [9.17, 15) is 4.79 Å². The fourth-order valence-electron chi connectivity index (χ4n) is 2.30. The Balaban J connectivity index is 1.85. The molecule has 0 aliphatic carbocycles. The zero-order chi connectivity index (χ0) is 14.8. The molecule has 0 N–H and O–H groups in total. The fourth-order valence-corrected chi connectivity index (χ4v) is 3.63. The van der Waals surface area contributed by atoms with Crippen molar-refractivity contribution in [3.63, 3.8) is 0 Å². The smallest absolute Gasteiger partial charge is 0.266 e. The maximum absolute atomic E-state index is 12.3. The van der Waals surface area contributed by atoms with Crippen LogP contribution >= 0.6 is 24.0 Å². The molecule has 0 radical (unpaired) electrons. The van der Waals surface area contributed by atoms with E-state index < -0.39 is 0 Å². The Bertz CT molecular complexity index is 664. The number of amides is 1. The van der Waals surface area contributed by atoms with Gasteiger partial charge in [0, 0.05) is 12.1 Å². The Morgan fingerprint density at radius 1 is 1.43 bits per heavy atom. The summed E-state index contributed by atoms with van der Waals surface area (Å²) in [6.45, 7) is 3.20. The van der Waals surface area contributed by atoms with E-state index >= 15 is 0 Å². The lowest BCUT2D eigenvalue weighted by atomic mass is 10.1. The van der Waals surface area contributed by atoms with Crippen LogP contribution in [0.3, 0.4) is 0 Å². The van der Waals surface area contributed by atoms with Gasteiger partial charge in [-0.1, -0.05) is 49.1 Å². The number of hydrogen-bond acceptors (Lipinski definition) is 4. The molecule has 0 unspecified atom stereocenters. The van der Waals surface area contributed by atoms with Gasteiger partial charge < -0.3 is 4.74 Å². The first-order chi connectivity index (χ1) is 10.2. The number of rotatable bonds is 3. The third-order valence-electron chi connectivity index (χ3n) is 3.29. The van der Waals surface area contributed by atoms with E-state index in [-0.39, 0.29) is 5.91 Å².